The first-order valence-electron chi connectivity index (χ1n) is 19.9. The van der Waals surface area contributed by atoms with Crippen LogP contribution in [0.5, 0.6) is 0 Å². The standard InChI is InChI=1S/C41H36ClF3N12O7/c1-53-17-22-14-31(25(42)15-30(22)51-53)47-39-49-40(63)56(41(64)55(39)18-21-13-27(44)28(45)16-26(21)43)20-23-19-54(52-50-23)12-5-3-2-4-9-33(58)46-29-8-6-7-24-35(29)38(62)57(37(24)61)32-10-11-34(59)48-36(32)60/h6-8,13-17,19,32H,2-5,9-12,18,20H2,1H3,(H,46,58)(H,47,49,63)(H,48,59,60). The van der Waals surface area contributed by atoms with E-state index >= 15 is 0 Å². The van der Waals surface area contributed by atoms with Gasteiger partial charge < -0.3 is 10.6 Å². The SMILES string of the molecule is Cn1cc2cc(Nc3nc(=O)n(Cc4cn(CCCCCCC(=O)Nc5cccc6c5C(=O)N(C5CCC(=O)NC5=O)C6=O)nn4)c(=O)n3Cc3cc(F)c(F)cc3F)c(Cl)cc2n1. The van der Waals surface area contributed by atoms with E-state index in [1.807, 2.05) is 0 Å². The van der Waals surface area contributed by atoms with E-state index in [2.05, 4.69) is 36.3 Å². The number of carbonyl (C=O) groups excluding carboxylic acids is 5. The van der Waals surface area contributed by atoms with Gasteiger partial charge in [0.1, 0.15) is 17.6 Å². The zero-order valence-corrected chi connectivity index (χ0v) is 34.5. The number of aryl methyl sites for hydroxylation is 2. The molecule has 2 aliphatic rings. The van der Waals surface area contributed by atoms with Crippen LogP contribution in [0, 0.1) is 17.5 Å². The molecule has 0 radical (unpaired) electrons. The first-order valence-corrected chi connectivity index (χ1v) is 20.3. The lowest BCUT2D eigenvalue weighted by atomic mass is 10.0. The summed E-state index contributed by atoms with van der Waals surface area (Å²) in [5, 5.41) is 21.0. The topological polar surface area (TPSA) is 230 Å². The van der Waals surface area contributed by atoms with Gasteiger partial charge in [0.2, 0.25) is 23.7 Å². The van der Waals surface area contributed by atoms with Gasteiger partial charge in [-0.25, -0.2) is 27.3 Å². The Kier molecular flexibility index (Phi) is 11.9. The van der Waals surface area contributed by atoms with Crippen LogP contribution < -0.4 is 27.3 Å². The van der Waals surface area contributed by atoms with Crippen molar-refractivity contribution in [3.05, 3.63) is 121 Å². The normalized spacial score (nSPS) is 15.0. The van der Waals surface area contributed by atoms with Crippen LogP contribution in [0.25, 0.3) is 10.9 Å². The van der Waals surface area contributed by atoms with E-state index in [9.17, 15) is 46.7 Å². The van der Waals surface area contributed by atoms with Crippen LogP contribution in [-0.2, 0) is 41.1 Å². The second-order valence-corrected chi connectivity index (χ2v) is 15.6. The molecule has 64 heavy (non-hydrogen) atoms. The van der Waals surface area contributed by atoms with E-state index in [1.54, 1.807) is 30.1 Å². The molecule has 19 nitrogen and oxygen atoms in total. The van der Waals surface area contributed by atoms with Crippen LogP contribution in [-0.4, -0.2) is 79.4 Å². The van der Waals surface area contributed by atoms with Crippen LogP contribution in [0.15, 0.2) is 64.4 Å². The summed E-state index contributed by atoms with van der Waals surface area (Å²) < 4.78 is 47.6. The fraction of sp³-hybridized carbons (Fsp3) is 0.293. The number of hydrogen-bond acceptors (Lipinski definition) is 12. The highest BCUT2D eigenvalue weighted by Gasteiger charge is 2.45. The van der Waals surface area contributed by atoms with Crippen molar-refractivity contribution in [2.24, 2.45) is 7.05 Å². The van der Waals surface area contributed by atoms with E-state index in [0.29, 0.717) is 55.3 Å². The summed E-state index contributed by atoms with van der Waals surface area (Å²) in [5.41, 5.74) is -1.20. The average molecular weight is 901 g/mol. The van der Waals surface area contributed by atoms with E-state index in [-0.39, 0.29) is 70.9 Å². The summed E-state index contributed by atoms with van der Waals surface area (Å²) in [6.07, 6.45) is 5.76. The number of fused-ring (bicyclic) bond motifs is 2. The molecule has 8 rings (SSSR count). The molecule has 2 aliphatic heterocycles. The number of nitrogens with zero attached hydrogens (tertiary/aromatic N) is 9. The Balaban J connectivity index is 0.878. The fourth-order valence-corrected chi connectivity index (χ4v) is 7.78. The lowest BCUT2D eigenvalue weighted by Crippen LogP contribution is -2.54. The number of piperidine rings is 1. The van der Waals surface area contributed by atoms with Crippen LogP contribution in [0.4, 0.5) is 30.5 Å². The van der Waals surface area contributed by atoms with E-state index in [1.165, 1.54) is 29.1 Å². The number of imide groups is 2. The minimum absolute atomic E-state index is 0.00335. The van der Waals surface area contributed by atoms with Crippen molar-refractivity contribution in [2.45, 2.75) is 70.6 Å². The number of anilines is 3. The zero-order chi connectivity index (χ0) is 45.4. The molecular formula is C41H36ClF3N12O7. The van der Waals surface area contributed by atoms with Gasteiger partial charge >= 0.3 is 11.4 Å². The number of rotatable bonds is 15. The Morgan fingerprint density at radius 3 is 2.47 bits per heavy atom. The van der Waals surface area contributed by atoms with Gasteiger partial charge in [0.15, 0.2) is 11.6 Å². The van der Waals surface area contributed by atoms with Gasteiger partial charge in [-0.3, -0.25) is 48.1 Å². The second kappa shape index (κ2) is 17.7. The molecule has 1 fully saturated rings. The van der Waals surface area contributed by atoms with Gasteiger partial charge in [-0.2, -0.15) is 10.1 Å². The summed E-state index contributed by atoms with van der Waals surface area (Å²) in [6.45, 7) is -0.645. The predicted molar refractivity (Wildman–Crippen MR) is 221 cm³/mol. The van der Waals surface area contributed by atoms with Crippen molar-refractivity contribution < 1.29 is 37.1 Å². The first kappa shape index (κ1) is 43.2. The Bertz CT molecular complexity index is 3040. The number of carbonyl (C=O) groups is 5. The number of hydrogen-bond donors (Lipinski definition) is 3. The van der Waals surface area contributed by atoms with E-state index in [4.69, 9.17) is 11.6 Å². The monoisotopic (exact) mass is 900 g/mol. The molecular weight excluding hydrogens is 865 g/mol. The first-order chi connectivity index (χ1) is 30.6. The lowest BCUT2D eigenvalue weighted by molar-refractivity contribution is -0.136. The number of halogens is 4. The van der Waals surface area contributed by atoms with Crippen molar-refractivity contribution in [3.63, 3.8) is 0 Å². The third kappa shape index (κ3) is 8.76. The highest BCUT2D eigenvalue weighted by Crippen LogP contribution is 2.33. The molecule has 23 heteroatoms. The molecule has 330 valence electrons. The van der Waals surface area contributed by atoms with E-state index in [0.717, 1.165) is 14.0 Å². The van der Waals surface area contributed by atoms with Crippen molar-refractivity contribution in [1.29, 1.82) is 0 Å². The van der Waals surface area contributed by atoms with Gasteiger partial charge in [0.25, 0.3) is 11.8 Å². The van der Waals surface area contributed by atoms with Crippen molar-refractivity contribution >= 4 is 69.4 Å². The van der Waals surface area contributed by atoms with Gasteiger partial charge in [-0.1, -0.05) is 35.7 Å². The van der Waals surface area contributed by atoms with Gasteiger partial charge in [0, 0.05) is 49.6 Å². The van der Waals surface area contributed by atoms with E-state index < -0.39 is 70.6 Å². The molecule has 6 aromatic rings. The molecule has 3 N–H and O–H groups in total. The molecule has 5 amide bonds. The highest BCUT2D eigenvalue weighted by atomic mass is 35.5. The maximum Gasteiger partial charge on any atom is 0.355 e. The second-order valence-electron chi connectivity index (χ2n) is 15.2. The molecule has 0 aliphatic carbocycles. The molecule has 0 saturated carbocycles. The lowest BCUT2D eigenvalue weighted by Gasteiger charge is -2.27. The Morgan fingerprint density at radius 1 is 0.891 bits per heavy atom. The van der Waals surface area contributed by atoms with Crippen molar-refractivity contribution in [3.8, 4) is 0 Å². The number of benzene rings is 3. The summed E-state index contributed by atoms with van der Waals surface area (Å²) in [4.78, 5) is 95.5. The summed E-state index contributed by atoms with van der Waals surface area (Å²) in [7, 11) is 1.71. The van der Waals surface area contributed by atoms with Gasteiger partial charge in [0.05, 0.1) is 52.3 Å². The molecule has 3 aromatic carbocycles. The third-order valence-corrected chi connectivity index (χ3v) is 11.0. The van der Waals surface area contributed by atoms with Crippen molar-refractivity contribution in [2.75, 3.05) is 10.6 Å². The van der Waals surface area contributed by atoms with Gasteiger partial charge in [-0.05, 0) is 49.6 Å². The quantitative estimate of drug-likeness (QED) is 0.0760. The zero-order valence-electron chi connectivity index (χ0n) is 33.7. The smallest absolute Gasteiger partial charge is 0.325 e. The van der Waals surface area contributed by atoms with Gasteiger partial charge in [-0.15, -0.1) is 5.10 Å². The molecule has 1 unspecified atom stereocenters. The minimum Gasteiger partial charge on any atom is -0.325 e. The molecule has 1 saturated heterocycles. The molecule has 3 aromatic heterocycles. The minimum atomic E-state index is -1.42. The number of unbranched alkanes of at least 4 members (excludes halogenated alkanes) is 3. The third-order valence-electron chi connectivity index (χ3n) is 10.7. The Morgan fingerprint density at radius 2 is 1.67 bits per heavy atom. The van der Waals surface area contributed by atoms with Crippen LogP contribution >= 0.6 is 11.6 Å². The maximum atomic E-state index is 14.9. The number of amides is 5. The fourth-order valence-electron chi connectivity index (χ4n) is 7.57. The van der Waals surface area contributed by atoms with Crippen LogP contribution in [0.2, 0.25) is 5.02 Å². The Labute approximate surface area is 363 Å². The molecule has 0 bridgehead atoms. The summed E-state index contributed by atoms with van der Waals surface area (Å²) >= 11 is 6.48. The van der Waals surface area contributed by atoms with Crippen molar-refractivity contribution in [1.82, 2.24) is 49.1 Å². The summed E-state index contributed by atoms with van der Waals surface area (Å²) in [6, 6.07) is 7.43. The molecule has 5 heterocycles. The molecule has 0 spiro atoms. The maximum absolute atomic E-state index is 14.9. The number of nitrogens with one attached hydrogen (secondary N) is 3. The predicted octanol–water partition coefficient (Wildman–Crippen LogP) is 3.78. The van der Waals surface area contributed by atoms with Crippen LogP contribution in [0.3, 0.4) is 0 Å². The largest absolute Gasteiger partial charge is 0.355 e. The molecule has 1 atom stereocenters. The highest BCUT2D eigenvalue weighted by molar-refractivity contribution is 6.34. The van der Waals surface area contributed by atoms with Crippen LogP contribution in [0.1, 0.15) is 76.9 Å². The average Bonchev–Trinajstić information content (AvgIpc) is 3.92. The Hall–Kier alpha value is -7.49. The number of aromatic nitrogens is 8. The summed E-state index contributed by atoms with van der Waals surface area (Å²) in [5.74, 6) is -7.28.